The van der Waals surface area contributed by atoms with E-state index in [1.165, 1.54) is 4.68 Å². The van der Waals surface area contributed by atoms with Gasteiger partial charge in [-0.1, -0.05) is 29.8 Å². The summed E-state index contributed by atoms with van der Waals surface area (Å²) in [5.74, 6) is 0. The molecule has 0 amide bonds. The maximum Gasteiger partial charge on any atom is 0.292 e. The topological polar surface area (TPSA) is 53.4 Å². The molecule has 0 saturated carbocycles. The van der Waals surface area contributed by atoms with Gasteiger partial charge in [0, 0.05) is 33.2 Å². The Kier molecular flexibility index (Phi) is 5.01. The maximum absolute atomic E-state index is 12.6. The Morgan fingerprint density at radius 2 is 1.88 bits per heavy atom. The van der Waals surface area contributed by atoms with Crippen molar-refractivity contribution in [3.8, 4) is 5.69 Å². The van der Waals surface area contributed by atoms with E-state index in [2.05, 4.69) is 20.2 Å². The summed E-state index contributed by atoms with van der Waals surface area (Å²) in [5.41, 5.74) is 1.05. The van der Waals surface area contributed by atoms with Crippen LogP contribution in [0.25, 0.3) is 5.69 Å². The molecule has 0 bridgehead atoms. The average molecular weight is 364 g/mol. The minimum absolute atomic E-state index is 0.193. The first kappa shape index (κ1) is 16.7. The summed E-state index contributed by atoms with van der Waals surface area (Å²) in [4.78, 5) is 16.7. The Balaban J connectivity index is 1.83. The highest BCUT2D eigenvalue weighted by molar-refractivity contribution is 7.80. The van der Waals surface area contributed by atoms with E-state index in [0.29, 0.717) is 11.4 Å². The van der Waals surface area contributed by atoms with Crippen LogP contribution in [0.2, 0.25) is 5.02 Å². The summed E-state index contributed by atoms with van der Waals surface area (Å²) in [6, 6.07) is 9.24. The molecule has 126 valence electrons. The standard InChI is InChI=1S/C16H18ClN5OS/c1-18-16(24)21-9-7-20(8-10-21)13-11-19-22(15(23)14(13)17)12-5-3-2-4-6-12/h2-6,11H,7-10H2,1H3,(H,18,24). The number of nitrogens with one attached hydrogen (secondary N) is 1. The molecule has 1 fully saturated rings. The first-order chi connectivity index (χ1) is 11.6. The zero-order valence-corrected chi connectivity index (χ0v) is 14.8. The molecule has 6 nitrogen and oxygen atoms in total. The van der Waals surface area contributed by atoms with Crippen LogP contribution in [0.5, 0.6) is 0 Å². The van der Waals surface area contributed by atoms with E-state index in [1.807, 2.05) is 37.4 Å². The van der Waals surface area contributed by atoms with Gasteiger partial charge in [-0.15, -0.1) is 0 Å². The average Bonchev–Trinajstić information content (AvgIpc) is 2.64. The first-order valence-corrected chi connectivity index (χ1v) is 8.45. The number of halogens is 1. The molecule has 0 aliphatic carbocycles. The summed E-state index contributed by atoms with van der Waals surface area (Å²) in [7, 11) is 1.82. The molecule has 3 rings (SSSR count). The molecule has 1 aliphatic heterocycles. The number of aromatic nitrogens is 2. The Labute approximate surface area is 150 Å². The fourth-order valence-corrected chi connectivity index (χ4v) is 3.14. The van der Waals surface area contributed by atoms with Crippen molar-refractivity contribution in [1.29, 1.82) is 0 Å². The predicted octanol–water partition coefficient (Wildman–Crippen LogP) is 1.51. The van der Waals surface area contributed by atoms with Crippen molar-refractivity contribution < 1.29 is 0 Å². The number of thiocarbonyl (C=S) groups is 1. The number of piperazine rings is 1. The number of hydrogen-bond acceptors (Lipinski definition) is 4. The molecule has 1 aromatic heterocycles. The predicted molar refractivity (Wildman–Crippen MR) is 100 cm³/mol. The van der Waals surface area contributed by atoms with Gasteiger partial charge in [-0.3, -0.25) is 4.79 Å². The third-order valence-corrected chi connectivity index (χ3v) is 4.84. The van der Waals surface area contributed by atoms with E-state index >= 15 is 0 Å². The van der Waals surface area contributed by atoms with Crippen LogP contribution in [-0.2, 0) is 0 Å². The Bertz CT molecular complexity index is 787. The number of para-hydroxylation sites is 1. The van der Waals surface area contributed by atoms with Gasteiger partial charge in [0.15, 0.2) is 5.11 Å². The number of rotatable bonds is 2. The Morgan fingerprint density at radius 1 is 1.21 bits per heavy atom. The van der Waals surface area contributed by atoms with E-state index < -0.39 is 0 Å². The second kappa shape index (κ2) is 7.19. The molecule has 0 atom stereocenters. The van der Waals surface area contributed by atoms with Crippen molar-refractivity contribution in [3.63, 3.8) is 0 Å². The van der Waals surface area contributed by atoms with E-state index in [9.17, 15) is 4.79 Å². The van der Waals surface area contributed by atoms with Crippen LogP contribution < -0.4 is 15.8 Å². The molecule has 0 radical (unpaired) electrons. The zero-order chi connectivity index (χ0) is 17.1. The summed E-state index contributed by atoms with van der Waals surface area (Å²) in [5, 5.41) is 8.19. The second-order valence-electron chi connectivity index (χ2n) is 5.43. The van der Waals surface area contributed by atoms with Gasteiger partial charge in [-0.05, 0) is 24.4 Å². The van der Waals surface area contributed by atoms with Gasteiger partial charge in [-0.25, -0.2) is 0 Å². The lowest BCUT2D eigenvalue weighted by Gasteiger charge is -2.37. The quantitative estimate of drug-likeness (QED) is 0.816. The summed E-state index contributed by atoms with van der Waals surface area (Å²) in [6.07, 6.45) is 1.66. The van der Waals surface area contributed by atoms with Crippen LogP contribution in [0.1, 0.15) is 0 Å². The minimum Gasteiger partial charge on any atom is -0.366 e. The maximum atomic E-state index is 12.6. The molecular weight excluding hydrogens is 346 g/mol. The van der Waals surface area contributed by atoms with Gasteiger partial charge in [0.1, 0.15) is 5.02 Å². The van der Waals surface area contributed by atoms with Crippen molar-refractivity contribution in [2.45, 2.75) is 0 Å². The largest absolute Gasteiger partial charge is 0.366 e. The molecule has 24 heavy (non-hydrogen) atoms. The highest BCUT2D eigenvalue weighted by Gasteiger charge is 2.22. The molecule has 0 unspecified atom stereocenters. The fourth-order valence-electron chi connectivity index (χ4n) is 2.71. The molecule has 8 heteroatoms. The smallest absolute Gasteiger partial charge is 0.292 e. The van der Waals surface area contributed by atoms with Gasteiger partial charge in [0.05, 0.1) is 17.6 Å². The summed E-state index contributed by atoms with van der Waals surface area (Å²) >= 11 is 11.6. The summed E-state index contributed by atoms with van der Waals surface area (Å²) in [6.45, 7) is 3.02. The van der Waals surface area contributed by atoms with Crippen molar-refractivity contribution >= 4 is 34.6 Å². The van der Waals surface area contributed by atoms with Gasteiger partial charge in [0.25, 0.3) is 5.56 Å². The molecule has 1 N–H and O–H groups in total. The number of anilines is 1. The van der Waals surface area contributed by atoms with E-state index in [1.54, 1.807) is 6.20 Å². The van der Waals surface area contributed by atoms with Gasteiger partial charge < -0.3 is 15.1 Å². The first-order valence-electron chi connectivity index (χ1n) is 7.66. The van der Waals surface area contributed by atoms with E-state index in [0.717, 1.165) is 31.3 Å². The molecule has 1 aliphatic rings. The van der Waals surface area contributed by atoms with Crippen LogP contribution in [0, 0.1) is 0 Å². The van der Waals surface area contributed by atoms with Gasteiger partial charge >= 0.3 is 0 Å². The lowest BCUT2D eigenvalue weighted by atomic mass is 10.3. The SMILES string of the molecule is CNC(=S)N1CCN(c2cnn(-c3ccccc3)c(=O)c2Cl)CC1. The van der Waals surface area contributed by atoms with E-state index in [4.69, 9.17) is 23.8 Å². The van der Waals surface area contributed by atoms with Crippen LogP contribution in [0.15, 0.2) is 41.3 Å². The van der Waals surface area contributed by atoms with Crippen molar-refractivity contribution in [3.05, 3.63) is 51.9 Å². The normalized spacial score (nSPS) is 14.6. The third kappa shape index (κ3) is 3.22. The second-order valence-corrected chi connectivity index (χ2v) is 6.19. The zero-order valence-electron chi connectivity index (χ0n) is 13.3. The van der Waals surface area contributed by atoms with Crippen molar-refractivity contribution in [1.82, 2.24) is 20.0 Å². The lowest BCUT2D eigenvalue weighted by molar-refractivity contribution is 0.382. The molecule has 2 aromatic rings. The van der Waals surface area contributed by atoms with Gasteiger partial charge in [-0.2, -0.15) is 9.78 Å². The number of nitrogens with zero attached hydrogens (tertiary/aromatic N) is 4. The number of benzene rings is 1. The molecule has 1 saturated heterocycles. The highest BCUT2D eigenvalue weighted by atomic mass is 35.5. The fraction of sp³-hybridized carbons (Fsp3) is 0.312. The summed E-state index contributed by atoms with van der Waals surface area (Å²) < 4.78 is 1.32. The molecular formula is C16H18ClN5OS. The van der Waals surface area contributed by atoms with Crippen LogP contribution in [0.4, 0.5) is 5.69 Å². The number of hydrogen-bond donors (Lipinski definition) is 1. The highest BCUT2D eigenvalue weighted by Crippen LogP contribution is 2.23. The van der Waals surface area contributed by atoms with E-state index in [-0.39, 0.29) is 10.6 Å². The lowest BCUT2D eigenvalue weighted by Crippen LogP contribution is -2.51. The monoisotopic (exact) mass is 363 g/mol. The molecule has 2 heterocycles. The Hall–Kier alpha value is -2.12. The minimum atomic E-state index is -0.312. The molecule has 0 spiro atoms. The van der Waals surface area contributed by atoms with Crippen LogP contribution >= 0.6 is 23.8 Å². The molecule has 1 aromatic carbocycles. The Morgan fingerprint density at radius 3 is 2.50 bits per heavy atom. The van der Waals surface area contributed by atoms with Crippen molar-refractivity contribution in [2.75, 3.05) is 38.1 Å². The van der Waals surface area contributed by atoms with Gasteiger partial charge in [0.2, 0.25) is 0 Å². The van der Waals surface area contributed by atoms with Crippen LogP contribution in [-0.4, -0.2) is 53.0 Å². The third-order valence-electron chi connectivity index (χ3n) is 4.02. The van der Waals surface area contributed by atoms with Crippen molar-refractivity contribution in [2.24, 2.45) is 0 Å². The van der Waals surface area contributed by atoms with Crippen LogP contribution in [0.3, 0.4) is 0 Å².